The molecule has 164 valence electrons. The second-order valence-electron chi connectivity index (χ2n) is 8.43. The third-order valence-electron chi connectivity index (χ3n) is 6.48. The van der Waals surface area contributed by atoms with E-state index in [1.165, 1.54) is 0 Å². The van der Waals surface area contributed by atoms with Crippen molar-refractivity contribution in [1.29, 1.82) is 0 Å². The van der Waals surface area contributed by atoms with Crippen molar-refractivity contribution < 1.29 is 19.1 Å². The molecule has 2 saturated heterocycles. The molecule has 31 heavy (non-hydrogen) atoms. The van der Waals surface area contributed by atoms with Crippen LogP contribution in [0.15, 0.2) is 42.5 Å². The Labute approximate surface area is 183 Å². The van der Waals surface area contributed by atoms with Gasteiger partial charge in [0.2, 0.25) is 5.91 Å². The van der Waals surface area contributed by atoms with Crippen LogP contribution in [0, 0.1) is 12.8 Å². The summed E-state index contributed by atoms with van der Waals surface area (Å²) in [6, 6.07) is 13.3. The zero-order valence-corrected chi connectivity index (χ0v) is 18.5. The number of aryl methyl sites for hydroxylation is 1. The first-order valence-corrected chi connectivity index (χ1v) is 10.9. The first-order valence-electron chi connectivity index (χ1n) is 10.9. The predicted octanol–water partition coefficient (Wildman–Crippen LogP) is 3.49. The van der Waals surface area contributed by atoms with Gasteiger partial charge in [0.15, 0.2) is 0 Å². The van der Waals surface area contributed by atoms with Gasteiger partial charge in [-0.3, -0.25) is 9.59 Å². The van der Waals surface area contributed by atoms with Crippen molar-refractivity contribution in [2.24, 2.45) is 5.92 Å². The summed E-state index contributed by atoms with van der Waals surface area (Å²) < 4.78 is 11.1. The van der Waals surface area contributed by atoms with Gasteiger partial charge in [0.1, 0.15) is 11.5 Å². The highest BCUT2D eigenvalue weighted by atomic mass is 16.5. The number of methoxy groups -OCH3 is 2. The summed E-state index contributed by atoms with van der Waals surface area (Å²) >= 11 is 0. The maximum Gasteiger partial charge on any atom is 0.253 e. The molecule has 2 heterocycles. The van der Waals surface area contributed by atoms with Crippen LogP contribution in [0.3, 0.4) is 0 Å². The Morgan fingerprint density at radius 2 is 1.61 bits per heavy atom. The summed E-state index contributed by atoms with van der Waals surface area (Å²) in [4.78, 5) is 30.5. The zero-order chi connectivity index (χ0) is 22.0. The minimum atomic E-state index is -0.298. The van der Waals surface area contributed by atoms with E-state index in [1.54, 1.807) is 14.2 Å². The number of carbonyl (C=O) groups excluding carboxylic acids is 2. The van der Waals surface area contributed by atoms with Gasteiger partial charge in [-0.15, -0.1) is 0 Å². The van der Waals surface area contributed by atoms with Crippen molar-refractivity contribution in [2.45, 2.75) is 25.7 Å². The maximum absolute atomic E-state index is 13.5. The Hall–Kier alpha value is -3.02. The topological polar surface area (TPSA) is 59.1 Å². The fraction of sp³-hybridized carbons (Fsp3) is 0.440. The fourth-order valence-corrected chi connectivity index (χ4v) is 4.71. The van der Waals surface area contributed by atoms with Gasteiger partial charge in [-0.25, -0.2) is 0 Å². The van der Waals surface area contributed by atoms with Gasteiger partial charge < -0.3 is 19.3 Å². The van der Waals surface area contributed by atoms with E-state index >= 15 is 0 Å². The van der Waals surface area contributed by atoms with Crippen LogP contribution in [0.5, 0.6) is 11.5 Å². The van der Waals surface area contributed by atoms with E-state index in [4.69, 9.17) is 9.47 Å². The van der Waals surface area contributed by atoms with E-state index in [2.05, 4.69) is 0 Å². The molecule has 0 radical (unpaired) electrons. The molecule has 0 bridgehead atoms. The summed E-state index contributed by atoms with van der Waals surface area (Å²) in [7, 11) is 3.26. The van der Waals surface area contributed by atoms with Gasteiger partial charge in [0.05, 0.1) is 20.1 Å². The van der Waals surface area contributed by atoms with Crippen LogP contribution in [0.2, 0.25) is 0 Å². The molecule has 0 saturated carbocycles. The fourth-order valence-electron chi connectivity index (χ4n) is 4.71. The third kappa shape index (κ3) is 4.24. The molecule has 4 rings (SSSR count). The Morgan fingerprint density at radius 3 is 2.26 bits per heavy atom. The number of benzene rings is 2. The van der Waals surface area contributed by atoms with Gasteiger partial charge in [-0.05, 0) is 50.1 Å². The third-order valence-corrected chi connectivity index (χ3v) is 6.48. The Kier molecular flexibility index (Phi) is 6.16. The lowest BCUT2D eigenvalue weighted by atomic mass is 9.87. The zero-order valence-electron chi connectivity index (χ0n) is 18.5. The van der Waals surface area contributed by atoms with Gasteiger partial charge in [-0.2, -0.15) is 0 Å². The molecule has 0 N–H and O–H groups in total. The van der Waals surface area contributed by atoms with E-state index < -0.39 is 0 Å². The Morgan fingerprint density at radius 1 is 0.903 bits per heavy atom. The average Bonchev–Trinajstić information content (AvgIpc) is 3.49. The highest BCUT2D eigenvalue weighted by Gasteiger charge is 2.43. The van der Waals surface area contributed by atoms with Crippen LogP contribution in [0.25, 0.3) is 0 Å². The molecule has 2 aromatic carbocycles. The molecule has 2 fully saturated rings. The van der Waals surface area contributed by atoms with Crippen molar-refractivity contribution in [2.75, 3.05) is 40.4 Å². The number of rotatable bonds is 5. The summed E-state index contributed by atoms with van der Waals surface area (Å²) in [5, 5.41) is 0. The molecule has 0 spiro atoms. The Balaban J connectivity index is 1.68. The molecule has 6 heteroatoms. The minimum Gasteiger partial charge on any atom is -0.497 e. The second-order valence-corrected chi connectivity index (χ2v) is 8.43. The molecule has 6 nitrogen and oxygen atoms in total. The normalized spacial score (nSPS) is 20.7. The second kappa shape index (κ2) is 9.00. The van der Waals surface area contributed by atoms with Crippen LogP contribution >= 0.6 is 0 Å². The quantitative estimate of drug-likeness (QED) is 0.740. The van der Waals surface area contributed by atoms with E-state index in [9.17, 15) is 9.59 Å². The molecule has 2 aromatic rings. The summed E-state index contributed by atoms with van der Waals surface area (Å²) in [6.07, 6.45) is 2.08. The van der Waals surface area contributed by atoms with Crippen molar-refractivity contribution >= 4 is 11.8 Å². The van der Waals surface area contributed by atoms with Crippen molar-refractivity contribution in [3.05, 3.63) is 59.2 Å². The first-order chi connectivity index (χ1) is 15.0. The SMILES string of the molecule is COc1ccc(OC)c([C@H]2CN(C(=O)c3ccc(C)cc3)C[C@@H]2C(=O)N2CCCC2)c1. The minimum absolute atomic E-state index is 0.0383. The smallest absolute Gasteiger partial charge is 0.253 e. The maximum atomic E-state index is 13.5. The summed E-state index contributed by atoms with van der Waals surface area (Å²) in [5.74, 6) is 1.08. The van der Waals surface area contributed by atoms with Crippen molar-refractivity contribution in [3.63, 3.8) is 0 Å². The van der Waals surface area contributed by atoms with E-state index in [0.29, 0.717) is 24.4 Å². The average molecular weight is 423 g/mol. The summed E-state index contributed by atoms with van der Waals surface area (Å²) in [6.45, 7) is 4.47. The standard InChI is InChI=1S/C25H30N2O4/c1-17-6-8-18(9-7-17)24(28)27-15-21(20-14-19(30-2)10-11-23(20)31-3)22(16-27)25(29)26-12-4-5-13-26/h6-11,14,21-22H,4-5,12-13,15-16H2,1-3H3/t21-,22+/m1/s1. The lowest BCUT2D eigenvalue weighted by molar-refractivity contribution is -0.134. The number of nitrogens with zero attached hydrogens (tertiary/aromatic N) is 2. The molecule has 0 aromatic heterocycles. The lowest BCUT2D eigenvalue weighted by Gasteiger charge is -2.25. The van der Waals surface area contributed by atoms with Gasteiger partial charge in [-0.1, -0.05) is 17.7 Å². The Bertz CT molecular complexity index is 950. The van der Waals surface area contributed by atoms with Crippen LogP contribution in [-0.2, 0) is 4.79 Å². The van der Waals surface area contributed by atoms with Crippen molar-refractivity contribution in [3.8, 4) is 11.5 Å². The first kappa shape index (κ1) is 21.2. The molecule has 2 amide bonds. The van der Waals surface area contributed by atoms with Crippen LogP contribution < -0.4 is 9.47 Å². The number of likely N-dealkylation sites (tertiary alicyclic amines) is 2. The van der Waals surface area contributed by atoms with Gasteiger partial charge in [0.25, 0.3) is 5.91 Å². The highest BCUT2D eigenvalue weighted by molar-refractivity contribution is 5.95. The van der Waals surface area contributed by atoms with Crippen LogP contribution in [-0.4, -0.2) is 62.0 Å². The van der Waals surface area contributed by atoms with Gasteiger partial charge >= 0.3 is 0 Å². The van der Waals surface area contributed by atoms with Crippen LogP contribution in [0.4, 0.5) is 0 Å². The van der Waals surface area contributed by atoms with E-state index in [0.717, 1.165) is 42.8 Å². The number of hydrogen-bond acceptors (Lipinski definition) is 4. The molecule has 0 unspecified atom stereocenters. The van der Waals surface area contributed by atoms with E-state index in [-0.39, 0.29) is 23.7 Å². The molecule has 2 aliphatic rings. The van der Waals surface area contributed by atoms with Crippen molar-refractivity contribution in [1.82, 2.24) is 9.80 Å². The van der Waals surface area contributed by atoms with E-state index in [1.807, 2.05) is 59.2 Å². The molecule has 0 aliphatic carbocycles. The highest BCUT2D eigenvalue weighted by Crippen LogP contribution is 2.41. The summed E-state index contributed by atoms with van der Waals surface area (Å²) in [5.41, 5.74) is 2.67. The molecular formula is C25H30N2O4. The molecular weight excluding hydrogens is 392 g/mol. The number of ether oxygens (including phenoxy) is 2. The molecule has 2 atom stereocenters. The van der Waals surface area contributed by atoms with Crippen LogP contribution in [0.1, 0.15) is 40.2 Å². The number of hydrogen-bond donors (Lipinski definition) is 0. The predicted molar refractivity (Wildman–Crippen MR) is 119 cm³/mol. The van der Waals surface area contributed by atoms with Gasteiger partial charge in [0, 0.05) is 43.2 Å². The molecule has 2 aliphatic heterocycles. The monoisotopic (exact) mass is 422 g/mol. The number of carbonyl (C=O) groups is 2. The lowest BCUT2D eigenvalue weighted by Crippen LogP contribution is -2.37. The largest absolute Gasteiger partial charge is 0.497 e. The number of amides is 2.